The molecule has 2 aromatic rings. The predicted molar refractivity (Wildman–Crippen MR) is 94.5 cm³/mol. The fourth-order valence-corrected chi connectivity index (χ4v) is 3.54. The van der Waals surface area contributed by atoms with Gasteiger partial charge in [-0.15, -0.1) is 0 Å². The van der Waals surface area contributed by atoms with Gasteiger partial charge in [-0.25, -0.2) is 0 Å². The molecule has 0 atom stereocenters. The maximum Gasteiger partial charge on any atom is 0.305 e. The molecule has 0 spiro atoms. The van der Waals surface area contributed by atoms with E-state index in [2.05, 4.69) is 4.98 Å². The number of rotatable bonds is 6. The Morgan fingerprint density at radius 3 is 2.72 bits per heavy atom. The van der Waals surface area contributed by atoms with Crippen LogP contribution in [0.1, 0.15) is 30.5 Å². The number of para-hydroxylation sites is 1. The van der Waals surface area contributed by atoms with Crippen LogP contribution in [0.2, 0.25) is 0 Å². The number of carboxylic acids is 1. The van der Waals surface area contributed by atoms with E-state index in [1.165, 1.54) is 0 Å². The molecule has 2 heterocycles. The maximum atomic E-state index is 13.0. The minimum atomic E-state index is -0.881. The molecular weight excluding hydrogens is 320 g/mol. The Kier molecular flexibility index (Phi) is 5.38. The number of aromatic nitrogens is 1. The van der Waals surface area contributed by atoms with Gasteiger partial charge in [0.05, 0.1) is 12.8 Å². The molecule has 2 N–H and O–H groups in total. The van der Waals surface area contributed by atoms with Gasteiger partial charge >= 0.3 is 5.97 Å². The quantitative estimate of drug-likeness (QED) is 0.843. The van der Waals surface area contributed by atoms with Crippen molar-refractivity contribution in [3.63, 3.8) is 0 Å². The summed E-state index contributed by atoms with van der Waals surface area (Å²) in [5, 5.41) is 10.1. The van der Waals surface area contributed by atoms with Gasteiger partial charge in [-0.3, -0.25) is 9.59 Å². The normalized spacial score (nSPS) is 15.4. The first kappa shape index (κ1) is 17.5. The molecule has 25 heavy (non-hydrogen) atoms. The number of aryl methyl sites for hydroxylation is 1. The number of benzene rings is 1. The van der Waals surface area contributed by atoms with Crippen LogP contribution in [-0.4, -0.2) is 52.7 Å². The lowest BCUT2D eigenvalue weighted by Gasteiger charge is -2.34. The van der Waals surface area contributed by atoms with E-state index in [-0.39, 0.29) is 31.3 Å². The molecule has 1 saturated heterocycles. The van der Waals surface area contributed by atoms with Gasteiger partial charge in [-0.2, -0.15) is 0 Å². The Hall–Kier alpha value is -2.34. The molecule has 0 aliphatic carbocycles. The lowest BCUT2D eigenvalue weighted by atomic mass is 10.0. The highest BCUT2D eigenvalue weighted by molar-refractivity contribution is 5.90. The van der Waals surface area contributed by atoms with Gasteiger partial charge in [-0.05, 0) is 31.4 Å². The molecule has 1 amide bonds. The van der Waals surface area contributed by atoms with Crippen LogP contribution in [0.15, 0.2) is 24.3 Å². The van der Waals surface area contributed by atoms with Crippen molar-refractivity contribution in [3.05, 3.63) is 35.5 Å². The Morgan fingerprint density at radius 1 is 1.28 bits per heavy atom. The fourth-order valence-electron chi connectivity index (χ4n) is 3.54. The molecule has 1 aromatic heterocycles. The van der Waals surface area contributed by atoms with Gasteiger partial charge in [0.2, 0.25) is 5.91 Å². The van der Waals surface area contributed by atoms with Gasteiger partial charge in [-0.1, -0.05) is 18.2 Å². The Bertz CT molecular complexity index is 762. The Morgan fingerprint density at radius 2 is 2.00 bits per heavy atom. The summed E-state index contributed by atoms with van der Waals surface area (Å²) in [6.07, 6.45) is 1.78. The highest BCUT2D eigenvalue weighted by atomic mass is 16.5. The summed E-state index contributed by atoms with van der Waals surface area (Å²) in [7, 11) is 0. The summed E-state index contributed by atoms with van der Waals surface area (Å²) >= 11 is 0. The number of aromatic amines is 1. The van der Waals surface area contributed by atoms with Crippen LogP contribution in [0.4, 0.5) is 0 Å². The summed E-state index contributed by atoms with van der Waals surface area (Å²) in [5.41, 5.74) is 3.00. The van der Waals surface area contributed by atoms with Crippen LogP contribution in [-0.2, 0) is 20.7 Å². The van der Waals surface area contributed by atoms with Crippen molar-refractivity contribution >= 4 is 22.8 Å². The van der Waals surface area contributed by atoms with E-state index < -0.39 is 5.97 Å². The van der Waals surface area contributed by atoms with E-state index in [0.717, 1.165) is 35.0 Å². The van der Waals surface area contributed by atoms with Crippen molar-refractivity contribution in [2.45, 2.75) is 38.6 Å². The van der Waals surface area contributed by atoms with E-state index in [1.807, 2.05) is 31.2 Å². The SMILES string of the molecule is Cc1[nH]c2ccccc2c1CC(=O)N(CCC(=O)O)C1CCOCC1. The molecule has 6 nitrogen and oxygen atoms in total. The zero-order valence-corrected chi connectivity index (χ0v) is 14.5. The lowest BCUT2D eigenvalue weighted by molar-refractivity contribution is -0.140. The number of nitrogens with one attached hydrogen (secondary N) is 1. The average molecular weight is 344 g/mol. The van der Waals surface area contributed by atoms with Crippen LogP contribution in [0.3, 0.4) is 0 Å². The number of hydrogen-bond acceptors (Lipinski definition) is 3. The van der Waals surface area contributed by atoms with E-state index in [1.54, 1.807) is 4.90 Å². The molecule has 3 rings (SSSR count). The smallest absolute Gasteiger partial charge is 0.305 e. The van der Waals surface area contributed by atoms with Crippen molar-refractivity contribution in [1.29, 1.82) is 0 Å². The van der Waals surface area contributed by atoms with Crippen LogP contribution in [0.5, 0.6) is 0 Å². The van der Waals surface area contributed by atoms with Crippen LogP contribution in [0, 0.1) is 6.92 Å². The van der Waals surface area contributed by atoms with Crippen molar-refractivity contribution in [1.82, 2.24) is 9.88 Å². The molecule has 134 valence electrons. The van der Waals surface area contributed by atoms with E-state index in [0.29, 0.717) is 13.2 Å². The van der Waals surface area contributed by atoms with E-state index in [4.69, 9.17) is 9.84 Å². The van der Waals surface area contributed by atoms with Crippen LogP contribution >= 0.6 is 0 Å². The summed E-state index contributed by atoms with van der Waals surface area (Å²) in [4.78, 5) is 29.0. The number of ether oxygens (including phenoxy) is 1. The first-order valence-corrected chi connectivity index (χ1v) is 8.71. The first-order valence-electron chi connectivity index (χ1n) is 8.71. The summed E-state index contributed by atoms with van der Waals surface area (Å²) in [6, 6.07) is 8.00. The Balaban J connectivity index is 1.80. The summed E-state index contributed by atoms with van der Waals surface area (Å²) < 4.78 is 5.38. The fraction of sp³-hybridized carbons (Fsp3) is 0.474. The van der Waals surface area contributed by atoms with Gasteiger partial charge in [0.15, 0.2) is 0 Å². The van der Waals surface area contributed by atoms with Gasteiger partial charge in [0, 0.05) is 42.4 Å². The summed E-state index contributed by atoms with van der Waals surface area (Å²) in [5.74, 6) is -0.894. The third kappa shape index (κ3) is 4.02. The van der Waals surface area contributed by atoms with Gasteiger partial charge in [0.25, 0.3) is 0 Å². The zero-order chi connectivity index (χ0) is 17.8. The number of hydrogen-bond donors (Lipinski definition) is 2. The highest BCUT2D eigenvalue weighted by Gasteiger charge is 2.27. The van der Waals surface area contributed by atoms with Crippen molar-refractivity contribution in [3.8, 4) is 0 Å². The molecule has 1 aliphatic rings. The van der Waals surface area contributed by atoms with Crippen molar-refractivity contribution in [2.75, 3.05) is 19.8 Å². The van der Waals surface area contributed by atoms with Crippen LogP contribution < -0.4 is 0 Å². The molecule has 6 heteroatoms. The number of aliphatic carboxylic acids is 1. The van der Waals surface area contributed by atoms with Gasteiger partial charge in [0.1, 0.15) is 0 Å². The number of nitrogens with zero attached hydrogens (tertiary/aromatic N) is 1. The molecule has 0 saturated carbocycles. The van der Waals surface area contributed by atoms with Crippen LogP contribution in [0.25, 0.3) is 10.9 Å². The zero-order valence-electron chi connectivity index (χ0n) is 14.5. The molecule has 1 fully saturated rings. The molecule has 1 aromatic carbocycles. The minimum Gasteiger partial charge on any atom is -0.481 e. The second-order valence-corrected chi connectivity index (χ2v) is 6.53. The number of H-pyrrole nitrogens is 1. The van der Waals surface area contributed by atoms with Crippen molar-refractivity contribution in [2.24, 2.45) is 0 Å². The second-order valence-electron chi connectivity index (χ2n) is 6.53. The number of carboxylic acid groups (broad SMARTS) is 1. The molecule has 0 unspecified atom stereocenters. The molecule has 0 radical (unpaired) electrons. The average Bonchev–Trinajstić information content (AvgIpc) is 2.91. The van der Waals surface area contributed by atoms with Gasteiger partial charge < -0.3 is 19.7 Å². The van der Waals surface area contributed by atoms with E-state index in [9.17, 15) is 9.59 Å². The standard InChI is InChI=1S/C19H24N2O4/c1-13-16(15-4-2-3-5-17(15)20-13)12-18(22)21(9-6-19(23)24)14-7-10-25-11-8-14/h2-5,14,20H,6-12H2,1H3,(H,23,24). The number of carbonyl (C=O) groups excluding carboxylic acids is 1. The maximum absolute atomic E-state index is 13.0. The first-order chi connectivity index (χ1) is 12.1. The largest absolute Gasteiger partial charge is 0.481 e. The monoisotopic (exact) mass is 344 g/mol. The summed E-state index contributed by atoms with van der Waals surface area (Å²) in [6.45, 7) is 3.46. The molecule has 1 aliphatic heterocycles. The minimum absolute atomic E-state index is 0.0130. The predicted octanol–water partition coefficient (Wildman–Crippen LogP) is 2.50. The third-order valence-corrected chi connectivity index (χ3v) is 4.87. The Labute approximate surface area is 146 Å². The molecular formula is C19H24N2O4. The third-order valence-electron chi connectivity index (χ3n) is 4.87. The number of amides is 1. The second kappa shape index (κ2) is 7.70. The number of carbonyl (C=O) groups is 2. The molecule has 0 bridgehead atoms. The highest BCUT2D eigenvalue weighted by Crippen LogP contribution is 2.24. The van der Waals surface area contributed by atoms with E-state index >= 15 is 0 Å². The topological polar surface area (TPSA) is 82.6 Å². The lowest BCUT2D eigenvalue weighted by Crippen LogP contribution is -2.45. The van der Waals surface area contributed by atoms with Crippen molar-refractivity contribution < 1.29 is 19.4 Å². The number of fused-ring (bicyclic) bond motifs is 1.